The van der Waals surface area contributed by atoms with Gasteiger partial charge in [-0.3, -0.25) is 0 Å². The first kappa shape index (κ1) is 11.6. The normalized spacial score (nSPS) is 14.8. The lowest BCUT2D eigenvalue weighted by molar-refractivity contribution is 0.180. The second-order valence-electron chi connectivity index (χ2n) is 2.74. The lowest BCUT2D eigenvalue weighted by atomic mass is 10.1. The van der Waals surface area contributed by atoms with Crippen LogP contribution in [0.4, 0.5) is 0 Å². The van der Waals surface area contributed by atoms with Crippen LogP contribution in [0.1, 0.15) is 26.7 Å². The molecule has 0 saturated heterocycles. The third kappa shape index (κ3) is 8.47. The van der Waals surface area contributed by atoms with Gasteiger partial charge in [0.05, 0.1) is 0 Å². The van der Waals surface area contributed by atoms with E-state index in [1.54, 1.807) is 7.11 Å². The Morgan fingerprint density at radius 1 is 1.45 bits per heavy atom. The van der Waals surface area contributed by atoms with E-state index in [0.717, 1.165) is 12.5 Å². The fourth-order valence-electron chi connectivity index (χ4n) is 0.822. The van der Waals surface area contributed by atoms with Crippen LogP contribution in [-0.2, 0) is 4.74 Å². The van der Waals surface area contributed by atoms with Gasteiger partial charge in [-0.05, 0) is 30.1 Å². The minimum atomic E-state index is 0.413. The molecule has 2 heteroatoms. The Morgan fingerprint density at radius 2 is 2.18 bits per heavy atom. The highest BCUT2D eigenvalue weighted by molar-refractivity contribution is 14.2. The van der Waals surface area contributed by atoms with Crippen LogP contribution >= 0.6 is 20.7 Å². The molecule has 0 bridgehead atoms. The van der Waals surface area contributed by atoms with Crippen molar-refractivity contribution >= 4 is 24.7 Å². The Labute approximate surface area is 80.3 Å². The lowest BCUT2D eigenvalue weighted by Crippen LogP contribution is -2.00. The van der Waals surface area contributed by atoms with Crippen LogP contribution in [0.5, 0.6) is 0 Å². The molecular formula is C9H19IO. The third-order valence-corrected chi connectivity index (χ3v) is 3.81. The second-order valence-corrected chi connectivity index (χ2v) is 5.94. The summed E-state index contributed by atoms with van der Waals surface area (Å²) in [6.45, 7) is 5.42. The van der Waals surface area contributed by atoms with E-state index in [4.69, 9.17) is 4.74 Å². The molecule has 11 heavy (non-hydrogen) atoms. The van der Waals surface area contributed by atoms with Crippen molar-refractivity contribution in [3.8, 4) is 0 Å². The maximum Gasteiger partial charge on any atom is 0.0464 e. The van der Waals surface area contributed by atoms with E-state index >= 15 is 0 Å². The van der Waals surface area contributed by atoms with E-state index < -0.39 is 0 Å². The summed E-state index contributed by atoms with van der Waals surface area (Å²) in [5.74, 6) is 0.856. The fraction of sp³-hybridized carbons (Fsp3) is 0.889. The van der Waals surface area contributed by atoms with Gasteiger partial charge in [-0.2, -0.15) is 0 Å². The molecule has 0 aromatic rings. The zero-order valence-corrected chi connectivity index (χ0v) is 9.93. The first-order valence-electron chi connectivity index (χ1n) is 4.15. The highest BCUT2D eigenvalue weighted by atomic mass is 127. The van der Waals surface area contributed by atoms with Crippen LogP contribution in [0.15, 0.2) is 0 Å². The number of alkyl halides is 1. The maximum absolute atomic E-state index is 5.02. The molecule has 1 atom stereocenters. The van der Waals surface area contributed by atoms with E-state index in [1.807, 2.05) is 0 Å². The SMILES string of the molecule is CC=ICCC(C)CCOC. The first-order valence-corrected chi connectivity index (χ1v) is 6.92. The zero-order valence-electron chi connectivity index (χ0n) is 7.77. The molecule has 68 valence electrons. The molecule has 0 amide bonds. The fourth-order valence-corrected chi connectivity index (χ4v) is 2.87. The number of methoxy groups -OCH3 is 1. The predicted molar refractivity (Wildman–Crippen MR) is 60.9 cm³/mol. The molecule has 0 rings (SSSR count). The van der Waals surface area contributed by atoms with Gasteiger partial charge in [0.25, 0.3) is 0 Å². The van der Waals surface area contributed by atoms with Crippen LogP contribution in [0.25, 0.3) is 0 Å². The molecule has 0 aromatic heterocycles. The molecule has 0 aliphatic rings. The maximum atomic E-state index is 5.02. The van der Waals surface area contributed by atoms with E-state index in [-0.39, 0.29) is 0 Å². The molecular weight excluding hydrogens is 251 g/mol. The molecule has 0 N–H and O–H groups in total. The van der Waals surface area contributed by atoms with Crippen molar-refractivity contribution in [3.05, 3.63) is 0 Å². The number of hydrogen-bond acceptors (Lipinski definition) is 1. The summed E-state index contributed by atoms with van der Waals surface area (Å²) in [5.41, 5.74) is 0. The molecule has 0 heterocycles. The molecule has 0 saturated carbocycles. The minimum Gasteiger partial charge on any atom is -0.385 e. The number of halogens is 1. The Morgan fingerprint density at radius 3 is 2.73 bits per heavy atom. The molecule has 0 aliphatic heterocycles. The average molecular weight is 270 g/mol. The van der Waals surface area contributed by atoms with Crippen molar-refractivity contribution in [3.63, 3.8) is 0 Å². The van der Waals surface area contributed by atoms with Gasteiger partial charge >= 0.3 is 0 Å². The quantitative estimate of drug-likeness (QED) is 0.532. The predicted octanol–water partition coefficient (Wildman–Crippen LogP) is 2.84. The smallest absolute Gasteiger partial charge is 0.0464 e. The summed E-state index contributed by atoms with van der Waals surface area (Å²) in [6, 6.07) is 0. The van der Waals surface area contributed by atoms with Gasteiger partial charge < -0.3 is 4.74 Å². The molecule has 0 aromatic carbocycles. The molecule has 1 nitrogen and oxygen atoms in total. The van der Waals surface area contributed by atoms with Gasteiger partial charge in [0.15, 0.2) is 0 Å². The minimum absolute atomic E-state index is 0.413. The summed E-state index contributed by atoms with van der Waals surface area (Å²) in [5, 5.41) is 0. The zero-order chi connectivity index (χ0) is 8.53. The first-order chi connectivity index (χ1) is 5.31. The Balaban J connectivity index is 3.15. The van der Waals surface area contributed by atoms with E-state index in [0.29, 0.717) is 20.7 Å². The van der Waals surface area contributed by atoms with Gasteiger partial charge in [-0.25, -0.2) is 0 Å². The Bertz CT molecular complexity index is 102. The van der Waals surface area contributed by atoms with E-state index in [2.05, 4.69) is 17.9 Å². The summed E-state index contributed by atoms with van der Waals surface area (Å²) in [6.07, 6.45) is 2.62. The van der Waals surface area contributed by atoms with Crippen molar-refractivity contribution in [2.75, 3.05) is 18.1 Å². The van der Waals surface area contributed by atoms with Crippen LogP contribution in [-0.4, -0.2) is 22.2 Å². The van der Waals surface area contributed by atoms with E-state index in [9.17, 15) is 0 Å². The monoisotopic (exact) mass is 270 g/mol. The van der Waals surface area contributed by atoms with Gasteiger partial charge in [0, 0.05) is 13.7 Å². The van der Waals surface area contributed by atoms with Crippen molar-refractivity contribution in [2.24, 2.45) is 5.92 Å². The van der Waals surface area contributed by atoms with Gasteiger partial charge in [0.1, 0.15) is 0 Å². The molecule has 0 spiro atoms. The molecule has 0 aliphatic carbocycles. The standard InChI is InChI=1S/C9H19IO/c1-4-10-7-5-9(2)6-8-11-3/h4,9H,5-8H2,1-3H3. The highest BCUT2D eigenvalue weighted by Crippen LogP contribution is 2.11. The number of ether oxygens (including phenoxy) is 1. The molecule has 1 unspecified atom stereocenters. The number of rotatable bonds is 6. The largest absolute Gasteiger partial charge is 0.385 e. The lowest BCUT2D eigenvalue weighted by Gasteiger charge is -2.07. The van der Waals surface area contributed by atoms with Gasteiger partial charge in [-0.15, -0.1) is 20.7 Å². The summed E-state index contributed by atoms with van der Waals surface area (Å²) in [7, 11) is 1.78. The summed E-state index contributed by atoms with van der Waals surface area (Å²) < 4.78 is 8.81. The van der Waals surface area contributed by atoms with Crippen LogP contribution in [0.3, 0.4) is 0 Å². The highest BCUT2D eigenvalue weighted by Gasteiger charge is 1.99. The third-order valence-electron chi connectivity index (χ3n) is 1.68. The molecule has 0 fully saturated rings. The number of hydrogen-bond donors (Lipinski definition) is 0. The van der Waals surface area contributed by atoms with Crippen molar-refractivity contribution in [2.45, 2.75) is 26.7 Å². The van der Waals surface area contributed by atoms with Crippen molar-refractivity contribution < 1.29 is 4.74 Å². The summed E-state index contributed by atoms with van der Waals surface area (Å²) >= 11 is 0.413. The molecule has 0 radical (unpaired) electrons. The Hall–Kier alpha value is 0.560. The van der Waals surface area contributed by atoms with Gasteiger partial charge in [0.2, 0.25) is 0 Å². The average Bonchev–Trinajstić information content (AvgIpc) is 2.01. The van der Waals surface area contributed by atoms with Crippen LogP contribution in [0, 0.1) is 5.92 Å². The van der Waals surface area contributed by atoms with Crippen molar-refractivity contribution in [1.29, 1.82) is 0 Å². The Kier molecular flexibility index (Phi) is 9.10. The van der Waals surface area contributed by atoms with E-state index in [1.165, 1.54) is 17.3 Å². The summed E-state index contributed by atoms with van der Waals surface area (Å²) in [4.78, 5) is 0. The van der Waals surface area contributed by atoms with Crippen LogP contribution in [0.2, 0.25) is 0 Å². The van der Waals surface area contributed by atoms with Crippen LogP contribution < -0.4 is 0 Å². The second kappa shape index (κ2) is 8.65. The van der Waals surface area contributed by atoms with Crippen molar-refractivity contribution in [1.82, 2.24) is 0 Å². The topological polar surface area (TPSA) is 9.23 Å². The van der Waals surface area contributed by atoms with Gasteiger partial charge in [-0.1, -0.05) is 10.9 Å².